The van der Waals surface area contributed by atoms with Crippen molar-refractivity contribution in [1.29, 1.82) is 0 Å². The molecule has 0 spiro atoms. The van der Waals surface area contributed by atoms with Gasteiger partial charge in [0.2, 0.25) is 0 Å². The fourth-order valence-electron chi connectivity index (χ4n) is 1.72. The van der Waals surface area contributed by atoms with Crippen LogP contribution in [0, 0.1) is 12.7 Å². The number of anilines is 1. The molecule has 0 unspecified atom stereocenters. The van der Waals surface area contributed by atoms with Crippen LogP contribution in [-0.4, -0.2) is 0 Å². The molecule has 0 atom stereocenters. The molecule has 0 amide bonds. The summed E-state index contributed by atoms with van der Waals surface area (Å²) in [7, 11) is 0. The van der Waals surface area contributed by atoms with E-state index in [2.05, 4.69) is 0 Å². The summed E-state index contributed by atoms with van der Waals surface area (Å²) in [6.07, 6.45) is 0. The van der Waals surface area contributed by atoms with E-state index in [1.54, 1.807) is 12.1 Å². The highest BCUT2D eigenvalue weighted by Crippen LogP contribution is 2.28. The maximum absolute atomic E-state index is 13.2. The molecule has 0 aliphatic carbocycles. The van der Waals surface area contributed by atoms with Gasteiger partial charge in [0.1, 0.15) is 5.82 Å². The van der Waals surface area contributed by atoms with Gasteiger partial charge in [-0.25, -0.2) is 4.39 Å². The lowest BCUT2D eigenvalue weighted by atomic mass is 10.00. The Bertz CT molecular complexity index is 517. The quantitative estimate of drug-likeness (QED) is 0.742. The van der Waals surface area contributed by atoms with Gasteiger partial charge < -0.3 is 5.73 Å². The molecule has 0 fully saturated rings. The molecule has 0 saturated heterocycles. The third-order valence-corrected chi connectivity index (χ3v) is 2.64. The number of halogens is 2. The van der Waals surface area contributed by atoms with E-state index in [9.17, 15) is 4.39 Å². The smallest absolute Gasteiger partial charge is 0.125 e. The van der Waals surface area contributed by atoms with Gasteiger partial charge >= 0.3 is 0 Å². The molecule has 16 heavy (non-hydrogen) atoms. The molecule has 2 aromatic carbocycles. The van der Waals surface area contributed by atoms with Crippen LogP contribution in [0.2, 0.25) is 5.02 Å². The Morgan fingerprint density at radius 2 is 1.88 bits per heavy atom. The van der Waals surface area contributed by atoms with Gasteiger partial charge in [0.15, 0.2) is 0 Å². The second-order valence-corrected chi connectivity index (χ2v) is 4.17. The minimum absolute atomic E-state index is 0.335. The van der Waals surface area contributed by atoms with Crippen molar-refractivity contribution in [3.63, 3.8) is 0 Å². The van der Waals surface area contributed by atoms with E-state index in [0.717, 1.165) is 16.7 Å². The second-order valence-electron chi connectivity index (χ2n) is 3.73. The largest absolute Gasteiger partial charge is 0.399 e. The minimum Gasteiger partial charge on any atom is -0.399 e. The Balaban J connectivity index is 2.58. The van der Waals surface area contributed by atoms with E-state index in [1.165, 1.54) is 12.1 Å². The van der Waals surface area contributed by atoms with Crippen LogP contribution < -0.4 is 5.73 Å². The predicted molar refractivity (Wildman–Crippen MR) is 66.0 cm³/mol. The first-order valence-corrected chi connectivity index (χ1v) is 5.26. The zero-order valence-corrected chi connectivity index (χ0v) is 9.55. The number of nitrogen functional groups attached to an aromatic ring is 1. The molecule has 1 nitrogen and oxygen atoms in total. The molecule has 3 heteroatoms. The molecule has 0 saturated carbocycles. The van der Waals surface area contributed by atoms with Crippen LogP contribution >= 0.6 is 11.6 Å². The highest BCUT2D eigenvalue weighted by molar-refractivity contribution is 6.30. The van der Waals surface area contributed by atoms with Crippen LogP contribution in [0.4, 0.5) is 10.1 Å². The predicted octanol–water partition coefficient (Wildman–Crippen LogP) is 4.04. The monoisotopic (exact) mass is 235 g/mol. The maximum atomic E-state index is 13.2. The van der Waals surface area contributed by atoms with Crippen molar-refractivity contribution in [3.8, 4) is 11.1 Å². The van der Waals surface area contributed by atoms with Crippen LogP contribution in [0.25, 0.3) is 11.1 Å². The third kappa shape index (κ3) is 2.17. The second kappa shape index (κ2) is 4.14. The van der Waals surface area contributed by atoms with Crippen LogP contribution in [0.3, 0.4) is 0 Å². The molecule has 2 N–H and O–H groups in total. The van der Waals surface area contributed by atoms with E-state index in [0.29, 0.717) is 10.7 Å². The summed E-state index contributed by atoms with van der Waals surface area (Å²) in [5.41, 5.74) is 9.07. The van der Waals surface area contributed by atoms with E-state index in [-0.39, 0.29) is 5.82 Å². The van der Waals surface area contributed by atoms with Crippen molar-refractivity contribution in [2.75, 3.05) is 5.73 Å². The van der Waals surface area contributed by atoms with E-state index < -0.39 is 0 Å². The number of hydrogen-bond acceptors (Lipinski definition) is 1. The summed E-state index contributed by atoms with van der Waals surface area (Å²) in [4.78, 5) is 0. The summed E-state index contributed by atoms with van der Waals surface area (Å²) in [6.45, 7) is 1.94. The fraction of sp³-hybridized carbons (Fsp3) is 0.0769. The van der Waals surface area contributed by atoms with Gasteiger partial charge in [0.05, 0.1) is 0 Å². The highest BCUT2D eigenvalue weighted by Gasteiger charge is 2.05. The molecule has 2 aromatic rings. The first kappa shape index (κ1) is 11.0. The van der Waals surface area contributed by atoms with Gasteiger partial charge in [-0.05, 0) is 53.9 Å². The van der Waals surface area contributed by atoms with Crippen molar-refractivity contribution in [3.05, 3.63) is 52.8 Å². The molecular formula is C13H11ClFN. The molecule has 0 radical (unpaired) electrons. The molecular weight excluding hydrogens is 225 g/mol. The molecule has 0 bridgehead atoms. The Hall–Kier alpha value is -1.54. The van der Waals surface area contributed by atoms with Crippen LogP contribution in [0.5, 0.6) is 0 Å². The first-order chi connectivity index (χ1) is 7.56. The topological polar surface area (TPSA) is 26.0 Å². The molecule has 0 aliphatic heterocycles. The minimum atomic E-state index is -0.335. The summed E-state index contributed by atoms with van der Waals surface area (Å²) in [5.74, 6) is -0.335. The lowest BCUT2D eigenvalue weighted by Gasteiger charge is -2.07. The molecule has 82 valence electrons. The van der Waals surface area contributed by atoms with Gasteiger partial charge in [-0.15, -0.1) is 0 Å². The Morgan fingerprint density at radius 1 is 1.12 bits per heavy atom. The molecule has 0 heterocycles. The van der Waals surface area contributed by atoms with Crippen LogP contribution in [0.15, 0.2) is 36.4 Å². The Kier molecular flexibility index (Phi) is 2.84. The third-order valence-electron chi connectivity index (χ3n) is 2.42. The number of hydrogen-bond donors (Lipinski definition) is 1. The lowest BCUT2D eigenvalue weighted by molar-refractivity contribution is 0.628. The van der Waals surface area contributed by atoms with Gasteiger partial charge in [-0.2, -0.15) is 0 Å². The van der Waals surface area contributed by atoms with Crippen molar-refractivity contribution >= 4 is 17.3 Å². The van der Waals surface area contributed by atoms with Crippen molar-refractivity contribution in [2.24, 2.45) is 0 Å². The van der Waals surface area contributed by atoms with Crippen LogP contribution in [0.1, 0.15) is 5.56 Å². The van der Waals surface area contributed by atoms with E-state index in [1.807, 2.05) is 19.1 Å². The molecule has 2 rings (SSSR count). The average Bonchev–Trinajstić information content (AvgIpc) is 2.15. The lowest BCUT2D eigenvalue weighted by Crippen LogP contribution is -1.89. The number of nitrogens with two attached hydrogens (primary N) is 1. The van der Waals surface area contributed by atoms with E-state index in [4.69, 9.17) is 17.3 Å². The maximum Gasteiger partial charge on any atom is 0.125 e. The standard InChI is InChI=1S/C13H11ClFN/c1-8-4-12(16)2-3-13(8)9-5-10(14)7-11(15)6-9/h2-7H,16H2,1H3. The van der Waals surface area contributed by atoms with Crippen LogP contribution in [-0.2, 0) is 0 Å². The first-order valence-electron chi connectivity index (χ1n) is 4.89. The molecule has 0 aromatic heterocycles. The summed E-state index contributed by atoms with van der Waals surface area (Å²) >= 11 is 5.82. The number of benzene rings is 2. The highest BCUT2D eigenvalue weighted by atomic mass is 35.5. The summed E-state index contributed by atoms with van der Waals surface area (Å²) in [5, 5.41) is 0.395. The van der Waals surface area contributed by atoms with Gasteiger partial charge in [-0.3, -0.25) is 0 Å². The Morgan fingerprint density at radius 3 is 2.50 bits per heavy atom. The summed E-state index contributed by atoms with van der Waals surface area (Å²) < 4.78 is 13.2. The Labute approximate surface area is 98.7 Å². The fourth-order valence-corrected chi connectivity index (χ4v) is 1.94. The SMILES string of the molecule is Cc1cc(N)ccc1-c1cc(F)cc(Cl)c1. The number of aryl methyl sites for hydroxylation is 1. The average molecular weight is 236 g/mol. The van der Waals surface area contributed by atoms with Gasteiger partial charge in [-0.1, -0.05) is 17.7 Å². The number of rotatable bonds is 1. The van der Waals surface area contributed by atoms with Gasteiger partial charge in [0, 0.05) is 10.7 Å². The van der Waals surface area contributed by atoms with E-state index >= 15 is 0 Å². The zero-order valence-electron chi connectivity index (χ0n) is 8.80. The zero-order chi connectivity index (χ0) is 11.7. The molecule has 0 aliphatic rings. The summed E-state index contributed by atoms with van der Waals surface area (Å²) in [6, 6.07) is 10.0. The van der Waals surface area contributed by atoms with Crippen molar-refractivity contribution in [2.45, 2.75) is 6.92 Å². The van der Waals surface area contributed by atoms with Crippen molar-refractivity contribution < 1.29 is 4.39 Å². The normalized spacial score (nSPS) is 10.4. The van der Waals surface area contributed by atoms with Gasteiger partial charge in [0.25, 0.3) is 0 Å². The van der Waals surface area contributed by atoms with Crippen molar-refractivity contribution in [1.82, 2.24) is 0 Å².